The summed E-state index contributed by atoms with van der Waals surface area (Å²) in [5.74, 6) is 1.26. The molecule has 0 saturated carbocycles. The summed E-state index contributed by atoms with van der Waals surface area (Å²) in [5, 5.41) is 11.0. The van der Waals surface area contributed by atoms with Crippen LogP contribution in [0.3, 0.4) is 0 Å². The molecule has 8 heteroatoms. The summed E-state index contributed by atoms with van der Waals surface area (Å²) in [7, 11) is 3.16. The highest BCUT2D eigenvalue weighted by Gasteiger charge is 2.27. The van der Waals surface area contributed by atoms with Gasteiger partial charge >= 0.3 is 0 Å². The molecule has 1 aliphatic heterocycles. The van der Waals surface area contributed by atoms with E-state index in [4.69, 9.17) is 9.47 Å². The molecule has 1 aromatic heterocycles. The van der Waals surface area contributed by atoms with E-state index in [1.54, 1.807) is 38.6 Å². The lowest BCUT2D eigenvalue weighted by Crippen LogP contribution is -2.29. The largest absolute Gasteiger partial charge is 0.493 e. The molecule has 1 saturated heterocycles. The topological polar surface area (TPSA) is 77.4 Å². The number of methoxy groups -OCH3 is 2. The van der Waals surface area contributed by atoms with E-state index in [1.165, 1.54) is 0 Å². The van der Waals surface area contributed by atoms with Crippen molar-refractivity contribution < 1.29 is 14.3 Å². The zero-order chi connectivity index (χ0) is 21.8. The van der Waals surface area contributed by atoms with Gasteiger partial charge in [0.2, 0.25) is 0 Å². The number of aromatic nitrogens is 2. The number of carbonyl (C=O) groups is 1. The summed E-state index contributed by atoms with van der Waals surface area (Å²) in [5.41, 5.74) is 4.33. The summed E-state index contributed by atoms with van der Waals surface area (Å²) >= 11 is 0. The Bertz CT molecular complexity index is 1080. The third kappa shape index (κ3) is 4.89. The van der Waals surface area contributed by atoms with Gasteiger partial charge in [0.15, 0.2) is 11.5 Å². The number of nitrogens with zero attached hydrogens (tertiary/aromatic N) is 2. The van der Waals surface area contributed by atoms with Crippen LogP contribution in [0.4, 0.5) is 5.69 Å². The van der Waals surface area contributed by atoms with Crippen LogP contribution in [0.25, 0.3) is 5.69 Å². The lowest BCUT2D eigenvalue weighted by Gasteiger charge is -2.25. The van der Waals surface area contributed by atoms with Crippen LogP contribution >= 0.6 is 12.4 Å². The maximum atomic E-state index is 13.3. The van der Waals surface area contributed by atoms with Crippen molar-refractivity contribution in [2.24, 2.45) is 0 Å². The third-order valence-electron chi connectivity index (χ3n) is 5.66. The third-order valence-corrected chi connectivity index (χ3v) is 5.66. The van der Waals surface area contributed by atoms with Gasteiger partial charge in [-0.1, -0.05) is 12.1 Å². The number of ether oxygens (including phenoxy) is 2. The fraction of sp³-hybridized carbons (Fsp3) is 0.333. The Kier molecular flexibility index (Phi) is 7.77. The Hall–Kier alpha value is -3.03. The molecule has 32 heavy (non-hydrogen) atoms. The molecule has 0 atom stereocenters. The summed E-state index contributed by atoms with van der Waals surface area (Å²) in [4.78, 5) is 13.3. The number of hydrogen-bond donors (Lipinski definition) is 2. The van der Waals surface area contributed by atoms with E-state index in [2.05, 4.69) is 34.8 Å². The molecule has 1 amide bonds. The van der Waals surface area contributed by atoms with E-state index >= 15 is 0 Å². The van der Waals surface area contributed by atoms with Crippen molar-refractivity contribution in [2.75, 3.05) is 32.6 Å². The number of benzene rings is 2. The maximum absolute atomic E-state index is 13.3. The molecule has 0 bridgehead atoms. The van der Waals surface area contributed by atoms with Gasteiger partial charge in [0.05, 0.1) is 37.4 Å². The Balaban J connectivity index is 0.00000289. The van der Waals surface area contributed by atoms with Gasteiger partial charge in [-0.2, -0.15) is 5.10 Å². The van der Waals surface area contributed by atoms with E-state index in [1.807, 2.05) is 16.8 Å². The molecule has 0 spiro atoms. The predicted molar refractivity (Wildman–Crippen MR) is 128 cm³/mol. The zero-order valence-corrected chi connectivity index (χ0v) is 19.4. The van der Waals surface area contributed by atoms with E-state index in [0.29, 0.717) is 22.7 Å². The molecule has 3 aromatic rings. The molecule has 2 N–H and O–H groups in total. The Labute approximate surface area is 194 Å². The van der Waals surface area contributed by atoms with Crippen LogP contribution in [0.15, 0.2) is 48.7 Å². The van der Waals surface area contributed by atoms with Crippen LogP contribution in [-0.2, 0) is 0 Å². The first-order chi connectivity index (χ1) is 15.1. The molecule has 4 rings (SSSR count). The number of nitrogens with one attached hydrogen (secondary N) is 2. The molecule has 0 unspecified atom stereocenters. The minimum absolute atomic E-state index is 0. The maximum Gasteiger partial charge on any atom is 0.259 e. The van der Waals surface area contributed by atoms with Gasteiger partial charge < -0.3 is 20.1 Å². The van der Waals surface area contributed by atoms with Crippen molar-refractivity contribution in [3.63, 3.8) is 0 Å². The second-order valence-corrected chi connectivity index (χ2v) is 7.74. The normalized spacial score (nSPS) is 13.8. The monoisotopic (exact) mass is 456 g/mol. The van der Waals surface area contributed by atoms with Crippen LogP contribution in [-0.4, -0.2) is 43.0 Å². The number of halogens is 1. The van der Waals surface area contributed by atoms with Crippen molar-refractivity contribution in [1.29, 1.82) is 0 Å². The van der Waals surface area contributed by atoms with Crippen molar-refractivity contribution >= 4 is 24.0 Å². The second-order valence-electron chi connectivity index (χ2n) is 7.74. The first kappa shape index (κ1) is 23.6. The summed E-state index contributed by atoms with van der Waals surface area (Å²) in [6.07, 6.45) is 3.61. The van der Waals surface area contributed by atoms with Crippen molar-refractivity contribution in [3.8, 4) is 17.2 Å². The first-order valence-electron chi connectivity index (χ1n) is 10.5. The molecular weight excluding hydrogens is 428 g/mol. The average molecular weight is 457 g/mol. The van der Waals surface area contributed by atoms with Gasteiger partial charge in [0, 0.05) is 17.7 Å². The standard InChI is InChI=1S/C24H28N4O3.ClH/c1-16-5-4-6-19(13-16)28-23(17-9-11-25-12-10-17)20(15-26-28)24(29)27-18-7-8-21(30-2)22(14-18)31-3;/h4-8,13-15,17,25H,9-12H2,1-3H3,(H,27,29);1H. The number of anilines is 1. The van der Waals surface area contributed by atoms with Crippen LogP contribution in [0.5, 0.6) is 11.5 Å². The SMILES string of the molecule is COc1ccc(NC(=O)c2cnn(-c3cccc(C)c3)c2C2CCNCC2)cc1OC.Cl. The molecule has 0 aliphatic carbocycles. The molecule has 170 valence electrons. The van der Waals surface area contributed by atoms with Crippen LogP contribution in [0, 0.1) is 6.92 Å². The first-order valence-corrected chi connectivity index (χ1v) is 10.5. The van der Waals surface area contributed by atoms with Gasteiger partial charge in [-0.15, -0.1) is 12.4 Å². The quantitative estimate of drug-likeness (QED) is 0.577. The Morgan fingerprint density at radius 2 is 1.84 bits per heavy atom. The van der Waals surface area contributed by atoms with E-state index < -0.39 is 0 Å². The van der Waals surface area contributed by atoms with Gasteiger partial charge in [-0.05, 0) is 62.7 Å². The highest BCUT2D eigenvalue weighted by Crippen LogP contribution is 2.32. The molecule has 2 aromatic carbocycles. The summed E-state index contributed by atoms with van der Waals surface area (Å²) < 4.78 is 12.6. The number of amides is 1. The van der Waals surface area contributed by atoms with Crippen molar-refractivity contribution in [1.82, 2.24) is 15.1 Å². The van der Waals surface area contributed by atoms with Gasteiger partial charge in [-0.3, -0.25) is 4.79 Å². The smallest absolute Gasteiger partial charge is 0.259 e. The van der Waals surface area contributed by atoms with Gasteiger partial charge in [-0.25, -0.2) is 4.68 Å². The fourth-order valence-corrected chi connectivity index (χ4v) is 4.10. The Morgan fingerprint density at radius 1 is 1.09 bits per heavy atom. The number of carbonyl (C=O) groups excluding carboxylic acids is 1. The molecule has 0 radical (unpaired) electrons. The summed E-state index contributed by atoms with van der Waals surface area (Å²) in [6.45, 7) is 3.92. The summed E-state index contributed by atoms with van der Waals surface area (Å²) in [6, 6.07) is 13.5. The van der Waals surface area contributed by atoms with Gasteiger partial charge in [0.1, 0.15) is 0 Å². The van der Waals surface area contributed by atoms with E-state index in [9.17, 15) is 4.79 Å². The number of hydrogen-bond acceptors (Lipinski definition) is 5. The van der Waals surface area contributed by atoms with Crippen LogP contribution in [0.1, 0.15) is 40.4 Å². The molecular formula is C24H29ClN4O3. The number of aryl methyl sites for hydroxylation is 1. The minimum Gasteiger partial charge on any atom is -0.493 e. The highest BCUT2D eigenvalue weighted by molar-refractivity contribution is 6.05. The number of rotatable bonds is 6. The lowest BCUT2D eigenvalue weighted by atomic mass is 9.91. The molecule has 2 heterocycles. The van der Waals surface area contributed by atoms with Crippen LogP contribution in [0.2, 0.25) is 0 Å². The molecule has 7 nitrogen and oxygen atoms in total. The zero-order valence-electron chi connectivity index (χ0n) is 18.6. The molecule has 1 fully saturated rings. The Morgan fingerprint density at radius 3 is 2.53 bits per heavy atom. The van der Waals surface area contributed by atoms with Crippen molar-refractivity contribution in [3.05, 3.63) is 65.5 Å². The van der Waals surface area contributed by atoms with E-state index in [0.717, 1.165) is 42.9 Å². The average Bonchev–Trinajstić information content (AvgIpc) is 3.25. The van der Waals surface area contributed by atoms with Crippen LogP contribution < -0.4 is 20.1 Å². The minimum atomic E-state index is -0.181. The number of piperidine rings is 1. The second kappa shape index (κ2) is 10.5. The lowest BCUT2D eigenvalue weighted by molar-refractivity contribution is 0.102. The predicted octanol–water partition coefficient (Wildman–Crippen LogP) is 4.34. The van der Waals surface area contributed by atoms with Gasteiger partial charge in [0.25, 0.3) is 5.91 Å². The van der Waals surface area contributed by atoms with Crippen molar-refractivity contribution in [2.45, 2.75) is 25.7 Å². The van der Waals surface area contributed by atoms with E-state index in [-0.39, 0.29) is 24.2 Å². The highest BCUT2D eigenvalue weighted by atomic mass is 35.5. The fourth-order valence-electron chi connectivity index (χ4n) is 4.10. The molecule has 1 aliphatic rings.